The molecule has 0 atom stereocenters. The second-order valence-corrected chi connectivity index (χ2v) is 6.10. The maximum Gasteiger partial charge on any atom is 0.241 e. The molecule has 0 aliphatic heterocycles. The summed E-state index contributed by atoms with van der Waals surface area (Å²) in [6.07, 6.45) is 8.39. The number of fused-ring (bicyclic) bond motifs is 2. The number of benzene rings is 1. The van der Waals surface area contributed by atoms with Crippen LogP contribution in [0.4, 0.5) is 0 Å². The van der Waals surface area contributed by atoms with Crippen molar-refractivity contribution in [1.82, 2.24) is 15.0 Å². The second-order valence-electron chi connectivity index (χ2n) is 5.66. The number of nitrogens with zero attached hydrogens (tertiary/aromatic N) is 2. The standard InChI is InChI=1S/C19H13ClN4O/c20-15-2-3-17-12(6-15)5-13(9-22-17)14-7-16-11(1-4-18(21)25)8-23-19(16)24-10-14/h1-10H,(H2,21,25)(H,23,24)/b4-1+. The first-order chi connectivity index (χ1) is 12.1. The molecular weight excluding hydrogens is 336 g/mol. The van der Waals surface area contributed by atoms with Crippen LogP contribution in [-0.2, 0) is 4.79 Å². The lowest BCUT2D eigenvalue weighted by atomic mass is 10.1. The minimum Gasteiger partial charge on any atom is -0.366 e. The monoisotopic (exact) mass is 348 g/mol. The first kappa shape index (κ1) is 15.4. The molecule has 6 heteroatoms. The van der Waals surface area contributed by atoms with Gasteiger partial charge in [0, 0.05) is 57.2 Å². The number of pyridine rings is 2. The van der Waals surface area contributed by atoms with Gasteiger partial charge in [-0.25, -0.2) is 4.98 Å². The van der Waals surface area contributed by atoms with Crippen molar-refractivity contribution in [1.29, 1.82) is 0 Å². The summed E-state index contributed by atoms with van der Waals surface area (Å²) >= 11 is 6.07. The van der Waals surface area contributed by atoms with Crippen LogP contribution >= 0.6 is 11.6 Å². The Morgan fingerprint density at radius 2 is 1.92 bits per heavy atom. The molecule has 4 rings (SSSR count). The van der Waals surface area contributed by atoms with Gasteiger partial charge in [0.2, 0.25) is 5.91 Å². The van der Waals surface area contributed by atoms with Crippen molar-refractivity contribution >= 4 is 45.5 Å². The summed E-state index contributed by atoms with van der Waals surface area (Å²) in [5, 5.41) is 2.54. The molecule has 4 aromatic rings. The molecule has 0 saturated heterocycles. The van der Waals surface area contributed by atoms with Crippen molar-refractivity contribution < 1.29 is 4.79 Å². The van der Waals surface area contributed by atoms with E-state index in [2.05, 4.69) is 15.0 Å². The summed E-state index contributed by atoms with van der Waals surface area (Å²) in [6.45, 7) is 0. The van der Waals surface area contributed by atoms with E-state index in [0.29, 0.717) is 5.02 Å². The third-order valence-corrected chi connectivity index (χ3v) is 4.20. The lowest BCUT2D eigenvalue weighted by molar-refractivity contribution is -0.113. The van der Waals surface area contributed by atoms with E-state index in [1.807, 2.05) is 36.5 Å². The summed E-state index contributed by atoms with van der Waals surface area (Å²) in [5.74, 6) is -0.492. The minimum absolute atomic E-state index is 0.492. The third-order valence-electron chi connectivity index (χ3n) is 3.97. The fraction of sp³-hybridized carbons (Fsp3) is 0. The van der Waals surface area contributed by atoms with Crippen LogP contribution in [0.1, 0.15) is 5.56 Å². The number of primary amides is 1. The highest BCUT2D eigenvalue weighted by Gasteiger charge is 2.07. The highest BCUT2D eigenvalue weighted by Crippen LogP contribution is 2.27. The van der Waals surface area contributed by atoms with Gasteiger partial charge in [-0.05, 0) is 36.4 Å². The Morgan fingerprint density at radius 1 is 1.12 bits per heavy atom. The largest absolute Gasteiger partial charge is 0.366 e. The summed E-state index contributed by atoms with van der Waals surface area (Å²) in [5.41, 5.74) is 9.51. The molecule has 1 aromatic carbocycles. The zero-order valence-corrected chi connectivity index (χ0v) is 13.8. The number of aromatic amines is 1. The van der Waals surface area contributed by atoms with Crippen molar-refractivity contribution in [3.05, 3.63) is 65.6 Å². The number of amides is 1. The van der Waals surface area contributed by atoms with Crippen LogP contribution in [0.25, 0.3) is 39.1 Å². The van der Waals surface area contributed by atoms with E-state index in [1.54, 1.807) is 18.5 Å². The number of nitrogens with one attached hydrogen (secondary N) is 1. The SMILES string of the molecule is NC(=O)/C=C/c1c[nH]c2ncc(-c3cnc4ccc(Cl)cc4c3)cc12. The molecule has 0 aliphatic carbocycles. The summed E-state index contributed by atoms with van der Waals surface area (Å²) < 4.78 is 0. The molecule has 0 fully saturated rings. The Labute approximate surface area is 148 Å². The number of H-pyrrole nitrogens is 1. The first-order valence-corrected chi connectivity index (χ1v) is 7.98. The molecule has 3 aromatic heterocycles. The van der Waals surface area contributed by atoms with Gasteiger partial charge in [-0.15, -0.1) is 0 Å². The van der Waals surface area contributed by atoms with Crippen LogP contribution in [0, 0.1) is 0 Å². The number of hydrogen-bond acceptors (Lipinski definition) is 3. The average molecular weight is 349 g/mol. The van der Waals surface area contributed by atoms with Crippen molar-refractivity contribution in [2.75, 3.05) is 0 Å². The van der Waals surface area contributed by atoms with Crippen LogP contribution in [0.2, 0.25) is 5.02 Å². The molecule has 0 spiro atoms. The molecule has 3 N–H and O–H groups in total. The van der Waals surface area contributed by atoms with Crippen LogP contribution in [0.15, 0.2) is 55.0 Å². The number of nitrogens with two attached hydrogens (primary N) is 1. The van der Waals surface area contributed by atoms with Crippen LogP contribution < -0.4 is 5.73 Å². The number of halogens is 1. The normalized spacial score (nSPS) is 11.6. The molecule has 25 heavy (non-hydrogen) atoms. The average Bonchev–Trinajstić information content (AvgIpc) is 3.01. The van der Waals surface area contributed by atoms with Crippen molar-refractivity contribution in [3.63, 3.8) is 0 Å². The predicted octanol–water partition coefficient (Wildman–Crippen LogP) is 3.93. The van der Waals surface area contributed by atoms with Gasteiger partial charge in [-0.1, -0.05) is 11.6 Å². The van der Waals surface area contributed by atoms with Crippen LogP contribution in [0.5, 0.6) is 0 Å². The van der Waals surface area contributed by atoms with Crippen LogP contribution in [-0.4, -0.2) is 20.9 Å². The number of rotatable bonds is 3. The molecule has 0 unspecified atom stereocenters. The van der Waals surface area contributed by atoms with E-state index in [-0.39, 0.29) is 0 Å². The van der Waals surface area contributed by atoms with Crippen LogP contribution in [0.3, 0.4) is 0 Å². The fourth-order valence-electron chi connectivity index (χ4n) is 2.75. The zero-order chi connectivity index (χ0) is 17.4. The van der Waals surface area contributed by atoms with Gasteiger partial charge in [-0.3, -0.25) is 9.78 Å². The van der Waals surface area contributed by atoms with Crippen molar-refractivity contribution in [2.24, 2.45) is 5.73 Å². The minimum atomic E-state index is -0.492. The lowest BCUT2D eigenvalue weighted by Crippen LogP contribution is -2.04. The topological polar surface area (TPSA) is 84.7 Å². The van der Waals surface area contributed by atoms with E-state index in [4.69, 9.17) is 17.3 Å². The first-order valence-electron chi connectivity index (χ1n) is 7.60. The number of carbonyl (C=O) groups excluding carboxylic acids is 1. The smallest absolute Gasteiger partial charge is 0.241 e. The van der Waals surface area contributed by atoms with E-state index in [1.165, 1.54) is 6.08 Å². The maximum absolute atomic E-state index is 11.0. The number of aromatic nitrogens is 3. The Bertz CT molecular complexity index is 1150. The molecule has 0 radical (unpaired) electrons. The van der Waals surface area contributed by atoms with E-state index in [9.17, 15) is 4.79 Å². The fourth-order valence-corrected chi connectivity index (χ4v) is 2.93. The number of hydrogen-bond donors (Lipinski definition) is 2. The van der Waals surface area contributed by atoms with Gasteiger partial charge in [0.15, 0.2) is 0 Å². The van der Waals surface area contributed by atoms with Gasteiger partial charge < -0.3 is 10.7 Å². The van der Waals surface area contributed by atoms with E-state index in [0.717, 1.165) is 38.6 Å². The van der Waals surface area contributed by atoms with Crippen molar-refractivity contribution in [2.45, 2.75) is 0 Å². The maximum atomic E-state index is 11.0. The molecule has 5 nitrogen and oxygen atoms in total. The Morgan fingerprint density at radius 3 is 2.76 bits per heavy atom. The Hall–Kier alpha value is -3.18. The highest BCUT2D eigenvalue weighted by molar-refractivity contribution is 6.31. The number of carbonyl (C=O) groups is 1. The van der Waals surface area contributed by atoms with Gasteiger partial charge in [0.1, 0.15) is 5.65 Å². The Balaban J connectivity index is 1.83. The van der Waals surface area contributed by atoms with Gasteiger partial charge in [-0.2, -0.15) is 0 Å². The molecule has 0 saturated carbocycles. The molecule has 0 aliphatic rings. The second kappa shape index (κ2) is 6.03. The zero-order valence-electron chi connectivity index (χ0n) is 13.0. The third kappa shape index (κ3) is 2.97. The summed E-state index contributed by atoms with van der Waals surface area (Å²) in [4.78, 5) is 23.0. The van der Waals surface area contributed by atoms with Gasteiger partial charge in [0.25, 0.3) is 0 Å². The predicted molar refractivity (Wildman–Crippen MR) is 100 cm³/mol. The summed E-state index contributed by atoms with van der Waals surface area (Å²) in [7, 11) is 0. The highest BCUT2D eigenvalue weighted by atomic mass is 35.5. The van der Waals surface area contributed by atoms with Gasteiger partial charge in [0.05, 0.1) is 5.52 Å². The molecule has 1 amide bonds. The molecule has 0 bridgehead atoms. The van der Waals surface area contributed by atoms with E-state index >= 15 is 0 Å². The molecular formula is C19H13ClN4O. The quantitative estimate of drug-likeness (QED) is 0.550. The lowest BCUT2D eigenvalue weighted by Gasteiger charge is -2.04. The molecule has 3 heterocycles. The van der Waals surface area contributed by atoms with Crippen molar-refractivity contribution in [3.8, 4) is 11.1 Å². The Kier molecular flexibility index (Phi) is 3.71. The van der Waals surface area contributed by atoms with E-state index < -0.39 is 5.91 Å². The van der Waals surface area contributed by atoms with Gasteiger partial charge >= 0.3 is 0 Å². The molecule has 122 valence electrons. The summed E-state index contributed by atoms with van der Waals surface area (Å²) in [6, 6.07) is 9.63.